The smallest absolute Gasteiger partial charge is 0.259 e. The fourth-order valence-corrected chi connectivity index (χ4v) is 2.88. The molecule has 0 fully saturated rings. The molecule has 1 heterocycles. The highest BCUT2D eigenvalue weighted by Crippen LogP contribution is 2.25. The molecule has 0 saturated carbocycles. The summed E-state index contributed by atoms with van der Waals surface area (Å²) in [4.78, 5) is 16.0. The van der Waals surface area contributed by atoms with Crippen molar-refractivity contribution in [3.05, 3.63) is 60.3 Å². The van der Waals surface area contributed by atoms with Gasteiger partial charge in [-0.1, -0.05) is 18.2 Å². The Morgan fingerprint density at radius 1 is 1.07 bits per heavy atom. The van der Waals surface area contributed by atoms with Gasteiger partial charge in [0.2, 0.25) is 0 Å². The number of aromatic amines is 1. The first-order valence-corrected chi connectivity index (χ1v) is 9.28. The molecule has 27 heavy (non-hydrogen) atoms. The van der Waals surface area contributed by atoms with E-state index in [9.17, 15) is 4.79 Å². The summed E-state index contributed by atoms with van der Waals surface area (Å²) in [5.74, 6) is 0.430. The molecule has 0 aliphatic rings. The topological polar surface area (TPSA) is 66.2 Å². The number of carbonyl (C=O) groups excluding carboxylic acids is 1. The number of hydrogen-bond acceptors (Lipinski definition) is 3. The second-order valence-corrected chi connectivity index (χ2v) is 7.57. The fraction of sp³-hybridized carbons (Fsp3) is 0.318. The molecule has 1 aromatic heterocycles. The lowest BCUT2D eigenvalue weighted by Gasteiger charge is -2.20. The molecule has 0 radical (unpaired) electrons. The number of hydrogen-bond donors (Lipinski definition) is 3. The molecule has 0 saturated heterocycles. The Bertz CT molecular complexity index is 909. The number of carbonyl (C=O) groups is 1. The molecule has 5 nitrogen and oxygen atoms in total. The van der Waals surface area contributed by atoms with Gasteiger partial charge in [0.15, 0.2) is 0 Å². The van der Waals surface area contributed by atoms with E-state index in [0.717, 1.165) is 29.6 Å². The third-order valence-electron chi connectivity index (χ3n) is 4.21. The number of anilines is 1. The highest BCUT2D eigenvalue weighted by Gasteiger charge is 2.14. The molecule has 3 N–H and O–H groups in total. The van der Waals surface area contributed by atoms with Crippen molar-refractivity contribution in [3.8, 4) is 5.75 Å². The summed E-state index contributed by atoms with van der Waals surface area (Å²) in [6.07, 6.45) is 2.74. The molecule has 3 aromatic rings. The summed E-state index contributed by atoms with van der Waals surface area (Å²) in [6, 6.07) is 15.1. The molecule has 5 heteroatoms. The molecule has 3 rings (SSSR count). The standard InChI is InChI=1S/C22H27N3O2/c1-22(2,3)24-13-7-15-27-20-11-5-4-8-17(20)21(26)25-19-10-6-9-18-16(19)12-14-23-18/h4-6,8-12,14,23-24H,7,13,15H2,1-3H3,(H,25,26). The SMILES string of the molecule is CC(C)(C)NCCCOc1ccccc1C(=O)Nc1cccc2[nH]ccc12. The fourth-order valence-electron chi connectivity index (χ4n) is 2.88. The van der Waals surface area contributed by atoms with Gasteiger partial charge in [-0.15, -0.1) is 0 Å². The number of aromatic nitrogens is 1. The number of ether oxygens (including phenoxy) is 1. The van der Waals surface area contributed by atoms with Gasteiger partial charge in [-0.2, -0.15) is 0 Å². The first-order chi connectivity index (χ1) is 12.9. The number of benzene rings is 2. The van der Waals surface area contributed by atoms with Crippen molar-refractivity contribution in [3.63, 3.8) is 0 Å². The lowest BCUT2D eigenvalue weighted by Crippen LogP contribution is -2.36. The van der Waals surface area contributed by atoms with E-state index in [0.29, 0.717) is 17.9 Å². The van der Waals surface area contributed by atoms with Crippen LogP contribution in [0.1, 0.15) is 37.6 Å². The largest absolute Gasteiger partial charge is 0.493 e. The summed E-state index contributed by atoms with van der Waals surface area (Å²) in [5, 5.41) is 7.41. The van der Waals surface area contributed by atoms with Gasteiger partial charge in [-0.25, -0.2) is 0 Å². The van der Waals surface area contributed by atoms with Crippen LogP contribution in [0.2, 0.25) is 0 Å². The van der Waals surface area contributed by atoms with E-state index in [-0.39, 0.29) is 11.4 Å². The molecule has 0 spiro atoms. The maximum Gasteiger partial charge on any atom is 0.259 e. The van der Waals surface area contributed by atoms with E-state index in [1.165, 1.54) is 0 Å². The van der Waals surface area contributed by atoms with Crippen LogP contribution in [0.15, 0.2) is 54.7 Å². The van der Waals surface area contributed by atoms with Gasteiger partial charge in [-0.05, 0) is 64.1 Å². The van der Waals surface area contributed by atoms with Crippen molar-refractivity contribution in [1.82, 2.24) is 10.3 Å². The van der Waals surface area contributed by atoms with E-state index >= 15 is 0 Å². The number of H-pyrrole nitrogens is 1. The van der Waals surface area contributed by atoms with E-state index in [4.69, 9.17) is 4.74 Å². The van der Waals surface area contributed by atoms with Crippen LogP contribution >= 0.6 is 0 Å². The Labute approximate surface area is 160 Å². The van der Waals surface area contributed by atoms with Crippen LogP contribution in [0.25, 0.3) is 10.9 Å². The normalized spacial score (nSPS) is 11.5. The molecule has 0 aliphatic carbocycles. The summed E-state index contributed by atoms with van der Waals surface area (Å²) in [7, 11) is 0. The van der Waals surface area contributed by atoms with Crippen molar-refractivity contribution >= 4 is 22.5 Å². The van der Waals surface area contributed by atoms with Crippen LogP contribution in [0, 0.1) is 0 Å². The molecule has 2 aromatic carbocycles. The quantitative estimate of drug-likeness (QED) is 0.537. The van der Waals surface area contributed by atoms with Crippen molar-refractivity contribution in [2.24, 2.45) is 0 Å². The predicted octanol–water partition coefficient (Wildman–Crippen LogP) is 4.58. The second kappa shape index (κ2) is 8.27. The molecule has 0 aliphatic heterocycles. The van der Waals surface area contributed by atoms with Crippen LogP contribution in [0.4, 0.5) is 5.69 Å². The zero-order chi connectivity index (χ0) is 19.3. The number of nitrogens with one attached hydrogen (secondary N) is 3. The maximum absolute atomic E-state index is 12.8. The van der Waals surface area contributed by atoms with Crippen LogP contribution < -0.4 is 15.4 Å². The molecular formula is C22H27N3O2. The minimum Gasteiger partial charge on any atom is -0.493 e. The molecule has 0 unspecified atom stereocenters. The first kappa shape index (κ1) is 19.0. The molecule has 142 valence electrons. The average Bonchev–Trinajstić information content (AvgIpc) is 3.10. The Kier molecular flexibility index (Phi) is 5.81. The van der Waals surface area contributed by atoms with E-state index in [1.54, 1.807) is 6.07 Å². The average molecular weight is 365 g/mol. The zero-order valence-electron chi connectivity index (χ0n) is 16.1. The summed E-state index contributed by atoms with van der Waals surface area (Å²) in [6.45, 7) is 7.84. The van der Waals surface area contributed by atoms with Crippen LogP contribution in [0.5, 0.6) is 5.75 Å². The zero-order valence-corrected chi connectivity index (χ0v) is 16.1. The van der Waals surface area contributed by atoms with Crippen LogP contribution in [-0.2, 0) is 0 Å². The first-order valence-electron chi connectivity index (χ1n) is 9.28. The summed E-state index contributed by atoms with van der Waals surface area (Å²) >= 11 is 0. The van der Waals surface area contributed by atoms with Crippen molar-refractivity contribution in [2.45, 2.75) is 32.7 Å². The Hall–Kier alpha value is -2.79. The number of amides is 1. The number of rotatable bonds is 7. The highest BCUT2D eigenvalue weighted by molar-refractivity contribution is 6.10. The number of para-hydroxylation sites is 1. The van der Waals surface area contributed by atoms with Crippen molar-refractivity contribution in [2.75, 3.05) is 18.5 Å². The van der Waals surface area contributed by atoms with Gasteiger partial charge in [0.1, 0.15) is 5.75 Å². The van der Waals surface area contributed by atoms with Gasteiger partial charge in [0, 0.05) is 22.6 Å². The maximum atomic E-state index is 12.8. The van der Waals surface area contributed by atoms with Gasteiger partial charge in [0.05, 0.1) is 17.9 Å². The van der Waals surface area contributed by atoms with E-state index in [2.05, 4.69) is 36.4 Å². The van der Waals surface area contributed by atoms with Crippen molar-refractivity contribution < 1.29 is 9.53 Å². The Balaban J connectivity index is 1.64. The highest BCUT2D eigenvalue weighted by atomic mass is 16.5. The van der Waals surface area contributed by atoms with Gasteiger partial charge in [0.25, 0.3) is 5.91 Å². The van der Waals surface area contributed by atoms with Crippen LogP contribution in [0.3, 0.4) is 0 Å². The summed E-state index contributed by atoms with van der Waals surface area (Å²) in [5.41, 5.74) is 2.40. The molecular weight excluding hydrogens is 338 g/mol. The van der Waals surface area contributed by atoms with Crippen LogP contribution in [-0.4, -0.2) is 29.6 Å². The number of fused-ring (bicyclic) bond motifs is 1. The van der Waals surface area contributed by atoms with E-state index < -0.39 is 0 Å². The lowest BCUT2D eigenvalue weighted by molar-refractivity contribution is 0.102. The molecule has 0 atom stereocenters. The Morgan fingerprint density at radius 3 is 2.70 bits per heavy atom. The minimum absolute atomic E-state index is 0.0943. The second-order valence-electron chi connectivity index (χ2n) is 7.57. The lowest BCUT2D eigenvalue weighted by atomic mass is 10.1. The summed E-state index contributed by atoms with van der Waals surface area (Å²) < 4.78 is 5.88. The third kappa shape index (κ3) is 5.11. The third-order valence-corrected chi connectivity index (χ3v) is 4.21. The monoisotopic (exact) mass is 365 g/mol. The minimum atomic E-state index is -0.174. The Morgan fingerprint density at radius 2 is 1.89 bits per heavy atom. The van der Waals surface area contributed by atoms with Gasteiger partial charge in [-0.3, -0.25) is 4.79 Å². The molecule has 0 bridgehead atoms. The molecule has 1 amide bonds. The predicted molar refractivity (Wildman–Crippen MR) is 111 cm³/mol. The van der Waals surface area contributed by atoms with E-state index in [1.807, 2.05) is 48.7 Å². The van der Waals surface area contributed by atoms with Crippen molar-refractivity contribution in [1.29, 1.82) is 0 Å². The van der Waals surface area contributed by atoms with Gasteiger partial charge >= 0.3 is 0 Å². The van der Waals surface area contributed by atoms with Gasteiger partial charge < -0.3 is 20.4 Å².